The zero-order chi connectivity index (χ0) is 5.98. The number of allylic oxidation sites excluding steroid dienone is 1. The summed E-state index contributed by atoms with van der Waals surface area (Å²) in [7, 11) is 0. The van der Waals surface area contributed by atoms with Gasteiger partial charge in [-0.2, -0.15) is 0 Å². The van der Waals surface area contributed by atoms with E-state index in [1.54, 1.807) is 6.20 Å². The molecule has 8 heavy (non-hydrogen) atoms. The molecule has 0 saturated carbocycles. The van der Waals surface area contributed by atoms with E-state index in [0.29, 0.717) is 6.04 Å². The molecule has 46 valence electrons. The van der Waals surface area contributed by atoms with Crippen molar-refractivity contribution in [1.82, 2.24) is 5.06 Å². The Bertz CT molecular complexity index is 101. The van der Waals surface area contributed by atoms with Crippen LogP contribution in [0.4, 0.5) is 0 Å². The Balaban J connectivity index is 2.47. The lowest BCUT2D eigenvalue weighted by Gasteiger charge is -2.23. The maximum absolute atomic E-state index is 8.92. The van der Waals surface area contributed by atoms with E-state index in [1.807, 2.05) is 13.0 Å². The van der Waals surface area contributed by atoms with Gasteiger partial charge in [-0.15, -0.1) is 0 Å². The zero-order valence-corrected chi connectivity index (χ0v) is 5.04. The summed E-state index contributed by atoms with van der Waals surface area (Å²) in [5, 5.41) is 10.2. The maximum atomic E-state index is 8.92. The first-order chi connectivity index (χ1) is 3.80. The molecule has 0 aromatic rings. The van der Waals surface area contributed by atoms with E-state index < -0.39 is 0 Å². The van der Waals surface area contributed by atoms with Crippen molar-refractivity contribution in [3.63, 3.8) is 0 Å². The van der Waals surface area contributed by atoms with Gasteiger partial charge in [0, 0.05) is 6.20 Å². The molecule has 1 heterocycles. The number of hydrogen-bond donors (Lipinski definition) is 1. The molecular formula is C6H11NO. The van der Waals surface area contributed by atoms with Gasteiger partial charge >= 0.3 is 0 Å². The fourth-order valence-electron chi connectivity index (χ4n) is 0.799. The predicted octanol–water partition coefficient (Wildman–Crippen LogP) is 1.37. The van der Waals surface area contributed by atoms with Gasteiger partial charge in [0.2, 0.25) is 0 Å². The lowest BCUT2D eigenvalue weighted by Crippen LogP contribution is -2.26. The number of hydrogen-bond acceptors (Lipinski definition) is 2. The first-order valence-corrected chi connectivity index (χ1v) is 2.94. The molecule has 0 bridgehead atoms. The number of rotatable bonds is 0. The van der Waals surface area contributed by atoms with Gasteiger partial charge < -0.3 is 0 Å². The van der Waals surface area contributed by atoms with Gasteiger partial charge in [-0.3, -0.25) is 10.3 Å². The Morgan fingerprint density at radius 1 is 1.75 bits per heavy atom. The van der Waals surface area contributed by atoms with Gasteiger partial charge in [-0.05, 0) is 19.8 Å². The number of nitrogens with zero attached hydrogens (tertiary/aromatic N) is 1. The van der Waals surface area contributed by atoms with Crippen LogP contribution in [0, 0.1) is 0 Å². The minimum absolute atomic E-state index is 0.306. The molecule has 0 amide bonds. The summed E-state index contributed by atoms with van der Waals surface area (Å²) in [5.74, 6) is 0. The van der Waals surface area contributed by atoms with Crippen molar-refractivity contribution < 1.29 is 5.21 Å². The molecule has 0 aromatic carbocycles. The summed E-state index contributed by atoms with van der Waals surface area (Å²) in [6.07, 6.45) is 5.85. The van der Waals surface area contributed by atoms with E-state index >= 15 is 0 Å². The summed E-state index contributed by atoms with van der Waals surface area (Å²) in [5.41, 5.74) is 0. The highest BCUT2D eigenvalue weighted by atomic mass is 16.5. The lowest BCUT2D eigenvalue weighted by molar-refractivity contribution is -0.0797. The molecular weight excluding hydrogens is 102 g/mol. The van der Waals surface area contributed by atoms with Crippen molar-refractivity contribution in [2.45, 2.75) is 25.8 Å². The van der Waals surface area contributed by atoms with Gasteiger partial charge in [0.05, 0.1) is 6.04 Å². The fraction of sp³-hybridized carbons (Fsp3) is 0.667. The highest BCUT2D eigenvalue weighted by Crippen LogP contribution is 2.10. The average Bonchev–Trinajstić information content (AvgIpc) is 1.77. The topological polar surface area (TPSA) is 23.5 Å². The third-order valence-electron chi connectivity index (χ3n) is 1.46. The van der Waals surface area contributed by atoms with Crippen molar-refractivity contribution in [3.8, 4) is 0 Å². The summed E-state index contributed by atoms with van der Waals surface area (Å²) >= 11 is 0. The summed E-state index contributed by atoms with van der Waals surface area (Å²) in [6.45, 7) is 2.00. The van der Waals surface area contributed by atoms with E-state index in [0.717, 1.165) is 12.8 Å². The van der Waals surface area contributed by atoms with E-state index in [4.69, 9.17) is 5.21 Å². The molecule has 1 atom stereocenters. The largest absolute Gasteiger partial charge is 0.289 e. The van der Waals surface area contributed by atoms with Gasteiger partial charge in [0.25, 0.3) is 0 Å². The standard InChI is InChI=1S/C6H11NO/c1-6-4-2-3-5-7(6)8/h3,5-6,8H,2,4H2,1H3. The predicted molar refractivity (Wildman–Crippen MR) is 31.5 cm³/mol. The molecule has 0 aromatic heterocycles. The second-order valence-corrected chi connectivity index (χ2v) is 2.19. The minimum Gasteiger partial charge on any atom is -0.289 e. The Morgan fingerprint density at radius 3 is 2.88 bits per heavy atom. The third-order valence-corrected chi connectivity index (χ3v) is 1.46. The second kappa shape index (κ2) is 2.18. The molecule has 1 unspecified atom stereocenters. The fourth-order valence-corrected chi connectivity index (χ4v) is 0.799. The molecule has 0 spiro atoms. The zero-order valence-electron chi connectivity index (χ0n) is 5.04. The van der Waals surface area contributed by atoms with Gasteiger partial charge in [0.1, 0.15) is 0 Å². The van der Waals surface area contributed by atoms with Crippen LogP contribution in [0.3, 0.4) is 0 Å². The van der Waals surface area contributed by atoms with E-state index in [1.165, 1.54) is 5.06 Å². The van der Waals surface area contributed by atoms with Crippen molar-refractivity contribution in [2.75, 3.05) is 0 Å². The monoisotopic (exact) mass is 113 g/mol. The molecule has 2 heteroatoms. The summed E-state index contributed by atoms with van der Waals surface area (Å²) in [6, 6.07) is 0.306. The second-order valence-electron chi connectivity index (χ2n) is 2.19. The van der Waals surface area contributed by atoms with E-state index in [2.05, 4.69) is 0 Å². The average molecular weight is 113 g/mol. The van der Waals surface area contributed by atoms with E-state index in [-0.39, 0.29) is 0 Å². The van der Waals surface area contributed by atoms with Gasteiger partial charge in [-0.25, -0.2) is 0 Å². The van der Waals surface area contributed by atoms with Crippen LogP contribution in [0.2, 0.25) is 0 Å². The Morgan fingerprint density at radius 2 is 2.50 bits per heavy atom. The van der Waals surface area contributed by atoms with Crippen molar-refractivity contribution in [3.05, 3.63) is 12.3 Å². The minimum atomic E-state index is 0.306. The first kappa shape index (κ1) is 5.63. The van der Waals surface area contributed by atoms with Crippen LogP contribution in [-0.4, -0.2) is 16.3 Å². The molecule has 1 aliphatic heterocycles. The number of hydroxylamine groups is 2. The van der Waals surface area contributed by atoms with Crippen LogP contribution in [0.1, 0.15) is 19.8 Å². The van der Waals surface area contributed by atoms with Crippen molar-refractivity contribution >= 4 is 0 Å². The molecule has 1 aliphatic rings. The van der Waals surface area contributed by atoms with Crippen LogP contribution in [0.5, 0.6) is 0 Å². The van der Waals surface area contributed by atoms with Crippen LogP contribution >= 0.6 is 0 Å². The summed E-state index contributed by atoms with van der Waals surface area (Å²) in [4.78, 5) is 0. The molecule has 1 N–H and O–H groups in total. The summed E-state index contributed by atoms with van der Waals surface area (Å²) < 4.78 is 0. The Labute approximate surface area is 49.4 Å². The van der Waals surface area contributed by atoms with Crippen molar-refractivity contribution in [2.24, 2.45) is 0 Å². The lowest BCUT2D eigenvalue weighted by atomic mass is 10.1. The molecule has 0 fully saturated rings. The van der Waals surface area contributed by atoms with Gasteiger partial charge in [-0.1, -0.05) is 6.08 Å². The van der Waals surface area contributed by atoms with Crippen LogP contribution in [0.25, 0.3) is 0 Å². The molecule has 0 radical (unpaired) electrons. The van der Waals surface area contributed by atoms with E-state index in [9.17, 15) is 0 Å². The SMILES string of the molecule is CC1CCC=CN1O. The third kappa shape index (κ3) is 1.01. The van der Waals surface area contributed by atoms with Gasteiger partial charge in [0.15, 0.2) is 0 Å². The molecule has 0 saturated heterocycles. The quantitative estimate of drug-likeness (QED) is 0.513. The van der Waals surface area contributed by atoms with Crippen molar-refractivity contribution in [1.29, 1.82) is 0 Å². The highest BCUT2D eigenvalue weighted by Gasteiger charge is 2.08. The molecule has 2 nitrogen and oxygen atoms in total. The van der Waals surface area contributed by atoms with Crippen LogP contribution in [-0.2, 0) is 0 Å². The first-order valence-electron chi connectivity index (χ1n) is 2.94. The van der Waals surface area contributed by atoms with Crippen LogP contribution in [0.15, 0.2) is 12.3 Å². The molecule has 1 rings (SSSR count). The Kier molecular flexibility index (Phi) is 1.53. The Hall–Kier alpha value is -0.500. The highest BCUT2D eigenvalue weighted by molar-refractivity contribution is 4.87. The smallest absolute Gasteiger partial charge is 0.0531 e. The normalized spacial score (nSPS) is 28.8. The maximum Gasteiger partial charge on any atom is 0.0531 e. The molecule has 0 aliphatic carbocycles. The van der Waals surface area contributed by atoms with Crippen LogP contribution < -0.4 is 0 Å².